The van der Waals surface area contributed by atoms with Crippen molar-refractivity contribution in [1.82, 2.24) is 15.6 Å². The second-order valence-electron chi connectivity index (χ2n) is 7.38. The third kappa shape index (κ3) is 6.54. The molecule has 3 rings (SSSR count). The molecule has 1 aromatic heterocycles. The summed E-state index contributed by atoms with van der Waals surface area (Å²) in [6.07, 6.45) is 9.00. The second kappa shape index (κ2) is 10.2. The molecule has 0 spiro atoms. The van der Waals surface area contributed by atoms with Gasteiger partial charge in [0, 0.05) is 37.7 Å². The van der Waals surface area contributed by atoms with Crippen LogP contribution in [0.5, 0.6) is 0 Å². The van der Waals surface area contributed by atoms with Crippen LogP contribution in [-0.4, -0.2) is 45.8 Å². The number of fused-ring (bicyclic) bond motifs is 1. The fourth-order valence-electron chi connectivity index (χ4n) is 3.41. The number of aryl methyl sites for hydroxylation is 3. The molecule has 0 radical (unpaired) electrons. The molecule has 29 heavy (non-hydrogen) atoms. The number of nitrogens with zero attached hydrogens (tertiary/aromatic N) is 2. The molecular formula is C21H30N4O2S2. The molecule has 0 fully saturated rings. The van der Waals surface area contributed by atoms with Gasteiger partial charge in [0.05, 0.1) is 15.6 Å². The first kappa shape index (κ1) is 21.8. The molecule has 158 valence electrons. The fourth-order valence-corrected chi connectivity index (χ4v) is 5.24. The fraction of sp³-hybridized carbons (Fsp3) is 0.524. The van der Waals surface area contributed by atoms with Gasteiger partial charge >= 0.3 is 0 Å². The quantitative estimate of drug-likeness (QED) is 0.379. The standard InChI is InChI=1S/C21H30N4O2S2/c1-22-21(24-15-13-16-9-11-17(12-10-16)29(2,26)27)23-14-5-8-20-25-18-6-3-4-7-19(18)28-20/h9-12H,3-8,13-15H2,1-2H3,(H2,22,23,24). The lowest BCUT2D eigenvalue weighted by molar-refractivity contribution is 0.602. The maximum atomic E-state index is 11.5. The van der Waals surface area contributed by atoms with Gasteiger partial charge in [-0.15, -0.1) is 11.3 Å². The Morgan fingerprint density at radius 1 is 1.10 bits per heavy atom. The van der Waals surface area contributed by atoms with E-state index in [0.717, 1.165) is 50.3 Å². The molecule has 0 bridgehead atoms. The van der Waals surface area contributed by atoms with E-state index in [1.54, 1.807) is 19.2 Å². The Morgan fingerprint density at radius 3 is 2.52 bits per heavy atom. The summed E-state index contributed by atoms with van der Waals surface area (Å²) < 4.78 is 23.0. The van der Waals surface area contributed by atoms with Crippen LogP contribution in [0, 0.1) is 0 Å². The SMILES string of the molecule is CN=C(NCCCc1nc2c(s1)CCCC2)NCCc1ccc(S(C)(=O)=O)cc1. The number of hydrogen-bond donors (Lipinski definition) is 2. The Hall–Kier alpha value is -1.93. The predicted octanol–water partition coefficient (Wildman–Crippen LogP) is 2.77. The topological polar surface area (TPSA) is 83.4 Å². The van der Waals surface area contributed by atoms with Crippen molar-refractivity contribution in [3.63, 3.8) is 0 Å². The number of aromatic nitrogens is 1. The average molecular weight is 435 g/mol. The lowest BCUT2D eigenvalue weighted by Crippen LogP contribution is -2.38. The molecular weight excluding hydrogens is 404 g/mol. The molecule has 2 aromatic rings. The van der Waals surface area contributed by atoms with Gasteiger partial charge in [-0.3, -0.25) is 4.99 Å². The molecule has 0 saturated heterocycles. The van der Waals surface area contributed by atoms with Crippen molar-refractivity contribution in [2.45, 2.75) is 49.8 Å². The number of sulfone groups is 1. The lowest BCUT2D eigenvalue weighted by atomic mass is 10.0. The van der Waals surface area contributed by atoms with Gasteiger partial charge in [0.15, 0.2) is 15.8 Å². The van der Waals surface area contributed by atoms with E-state index in [4.69, 9.17) is 4.98 Å². The molecule has 1 aliphatic carbocycles. The van der Waals surface area contributed by atoms with Gasteiger partial charge in [-0.1, -0.05) is 12.1 Å². The predicted molar refractivity (Wildman–Crippen MR) is 120 cm³/mol. The largest absolute Gasteiger partial charge is 0.356 e. The molecule has 1 heterocycles. The van der Waals surface area contributed by atoms with Crippen LogP contribution in [0.15, 0.2) is 34.2 Å². The van der Waals surface area contributed by atoms with E-state index in [-0.39, 0.29) is 0 Å². The van der Waals surface area contributed by atoms with Crippen molar-refractivity contribution in [3.05, 3.63) is 45.4 Å². The van der Waals surface area contributed by atoms with Crippen molar-refractivity contribution >= 4 is 27.1 Å². The highest BCUT2D eigenvalue weighted by Crippen LogP contribution is 2.27. The maximum absolute atomic E-state index is 11.5. The highest BCUT2D eigenvalue weighted by Gasteiger charge is 2.14. The highest BCUT2D eigenvalue weighted by atomic mass is 32.2. The second-order valence-corrected chi connectivity index (χ2v) is 10.6. The van der Waals surface area contributed by atoms with Crippen molar-refractivity contribution in [3.8, 4) is 0 Å². The van der Waals surface area contributed by atoms with Gasteiger partial charge in [0.1, 0.15) is 0 Å². The van der Waals surface area contributed by atoms with Crippen LogP contribution in [0.2, 0.25) is 0 Å². The number of hydrogen-bond acceptors (Lipinski definition) is 5. The molecule has 8 heteroatoms. The van der Waals surface area contributed by atoms with Crippen LogP contribution < -0.4 is 10.6 Å². The number of nitrogens with one attached hydrogen (secondary N) is 2. The Labute approximate surface area is 177 Å². The smallest absolute Gasteiger partial charge is 0.190 e. The van der Waals surface area contributed by atoms with Gasteiger partial charge in [0.2, 0.25) is 0 Å². The molecule has 2 N–H and O–H groups in total. The first-order chi connectivity index (χ1) is 14.0. The van der Waals surface area contributed by atoms with Crippen molar-refractivity contribution in [2.75, 3.05) is 26.4 Å². The van der Waals surface area contributed by atoms with Gasteiger partial charge in [-0.2, -0.15) is 0 Å². The summed E-state index contributed by atoms with van der Waals surface area (Å²) in [6.45, 7) is 1.59. The van der Waals surface area contributed by atoms with Crippen molar-refractivity contribution in [2.24, 2.45) is 4.99 Å². The minimum Gasteiger partial charge on any atom is -0.356 e. The van der Waals surface area contributed by atoms with E-state index in [1.807, 2.05) is 23.5 Å². The van der Waals surface area contributed by atoms with Crippen LogP contribution in [0.1, 0.15) is 40.4 Å². The summed E-state index contributed by atoms with van der Waals surface area (Å²) in [5, 5.41) is 7.93. The normalized spacial score (nSPS) is 14.5. The maximum Gasteiger partial charge on any atom is 0.190 e. The molecule has 0 amide bonds. The zero-order valence-electron chi connectivity index (χ0n) is 17.2. The molecule has 1 aliphatic rings. The van der Waals surface area contributed by atoms with Crippen LogP contribution in [-0.2, 0) is 35.5 Å². The summed E-state index contributed by atoms with van der Waals surface area (Å²) in [5.74, 6) is 0.788. The zero-order valence-corrected chi connectivity index (χ0v) is 18.8. The van der Waals surface area contributed by atoms with E-state index in [9.17, 15) is 8.42 Å². The summed E-state index contributed by atoms with van der Waals surface area (Å²) in [5.41, 5.74) is 2.43. The Balaban J connectivity index is 1.35. The van der Waals surface area contributed by atoms with Gasteiger partial charge < -0.3 is 10.6 Å². The van der Waals surface area contributed by atoms with Gasteiger partial charge in [0.25, 0.3) is 0 Å². The molecule has 1 aromatic carbocycles. The number of thiazole rings is 1. The Morgan fingerprint density at radius 2 is 1.83 bits per heavy atom. The molecule has 0 aliphatic heterocycles. The highest BCUT2D eigenvalue weighted by molar-refractivity contribution is 7.90. The number of guanidine groups is 1. The summed E-state index contributed by atoms with van der Waals surface area (Å²) in [7, 11) is -1.37. The number of aliphatic imine (C=N–C) groups is 1. The zero-order chi connectivity index (χ0) is 20.7. The Kier molecular flexibility index (Phi) is 7.66. The molecule has 0 saturated carbocycles. The number of rotatable bonds is 8. The van der Waals surface area contributed by atoms with E-state index in [1.165, 1.54) is 41.1 Å². The van der Waals surface area contributed by atoms with Gasteiger partial charge in [-0.25, -0.2) is 13.4 Å². The van der Waals surface area contributed by atoms with E-state index < -0.39 is 9.84 Å². The summed E-state index contributed by atoms with van der Waals surface area (Å²) >= 11 is 1.89. The third-order valence-electron chi connectivity index (χ3n) is 5.03. The lowest BCUT2D eigenvalue weighted by Gasteiger charge is -2.11. The van der Waals surface area contributed by atoms with E-state index in [2.05, 4.69) is 15.6 Å². The third-order valence-corrected chi connectivity index (χ3v) is 7.38. The minimum atomic E-state index is -3.14. The van der Waals surface area contributed by atoms with Crippen LogP contribution in [0.3, 0.4) is 0 Å². The molecule has 0 unspecified atom stereocenters. The summed E-state index contributed by atoms with van der Waals surface area (Å²) in [4.78, 5) is 10.9. The van der Waals surface area contributed by atoms with Crippen LogP contribution >= 0.6 is 11.3 Å². The molecule has 0 atom stereocenters. The molecule has 6 nitrogen and oxygen atoms in total. The first-order valence-electron chi connectivity index (χ1n) is 10.2. The monoisotopic (exact) mass is 434 g/mol. The summed E-state index contributed by atoms with van der Waals surface area (Å²) in [6, 6.07) is 7.05. The van der Waals surface area contributed by atoms with Crippen molar-refractivity contribution < 1.29 is 8.42 Å². The van der Waals surface area contributed by atoms with Gasteiger partial charge in [-0.05, 0) is 56.2 Å². The van der Waals surface area contributed by atoms with Crippen LogP contribution in [0.25, 0.3) is 0 Å². The minimum absolute atomic E-state index is 0.354. The number of benzene rings is 1. The first-order valence-corrected chi connectivity index (χ1v) is 12.9. The van der Waals surface area contributed by atoms with Crippen LogP contribution in [0.4, 0.5) is 0 Å². The van der Waals surface area contributed by atoms with E-state index >= 15 is 0 Å². The average Bonchev–Trinajstić information content (AvgIpc) is 3.12. The van der Waals surface area contributed by atoms with E-state index in [0.29, 0.717) is 4.90 Å². The van der Waals surface area contributed by atoms with Crippen molar-refractivity contribution in [1.29, 1.82) is 0 Å². The Bertz CT molecular complexity index is 911.